The van der Waals surface area contributed by atoms with E-state index in [1.807, 2.05) is 12.1 Å². The molecule has 2 saturated heterocycles. The van der Waals surface area contributed by atoms with Gasteiger partial charge in [-0.05, 0) is 31.4 Å². The predicted octanol–water partition coefficient (Wildman–Crippen LogP) is 1.51. The summed E-state index contributed by atoms with van der Waals surface area (Å²) in [5, 5.41) is 9.36. The number of carbonyl (C=O) groups excluding carboxylic acids is 2. The van der Waals surface area contributed by atoms with Gasteiger partial charge in [-0.2, -0.15) is 0 Å². The number of rotatable bonds is 4. The first-order valence-electron chi connectivity index (χ1n) is 8.49. The van der Waals surface area contributed by atoms with E-state index in [-0.39, 0.29) is 24.8 Å². The number of hydrogen-bond acceptors (Lipinski definition) is 4. The van der Waals surface area contributed by atoms with Crippen LogP contribution in [0.3, 0.4) is 0 Å². The largest absolute Gasteiger partial charge is 0.495 e. The summed E-state index contributed by atoms with van der Waals surface area (Å²) in [5.41, 5.74) is 0.638. The molecule has 3 rings (SSSR count). The number of methoxy groups -OCH3 is 1. The first-order valence-corrected chi connectivity index (χ1v) is 8.49. The van der Waals surface area contributed by atoms with E-state index in [9.17, 15) is 19.5 Å². The number of likely N-dealkylation sites (tertiary alicyclic amines) is 1. The normalized spacial score (nSPS) is 23.6. The zero-order chi connectivity index (χ0) is 18.0. The van der Waals surface area contributed by atoms with Crippen molar-refractivity contribution in [1.82, 2.24) is 4.90 Å². The molecule has 7 nitrogen and oxygen atoms in total. The summed E-state index contributed by atoms with van der Waals surface area (Å²) in [4.78, 5) is 39.7. The van der Waals surface area contributed by atoms with Crippen LogP contribution < -0.4 is 9.64 Å². The minimum absolute atomic E-state index is 0.0969. The van der Waals surface area contributed by atoms with E-state index in [1.165, 1.54) is 12.0 Å². The molecule has 0 aliphatic carbocycles. The molecule has 1 aromatic rings. The van der Waals surface area contributed by atoms with Gasteiger partial charge in [-0.3, -0.25) is 9.59 Å². The molecule has 1 aromatic carbocycles. The van der Waals surface area contributed by atoms with Gasteiger partial charge < -0.3 is 19.6 Å². The van der Waals surface area contributed by atoms with Crippen LogP contribution in [0, 0.1) is 5.92 Å². The number of piperidine rings is 1. The Hall–Kier alpha value is -2.57. The molecule has 0 bridgehead atoms. The second kappa shape index (κ2) is 7.13. The summed E-state index contributed by atoms with van der Waals surface area (Å²) < 4.78 is 5.30. The molecule has 0 saturated carbocycles. The Morgan fingerprint density at radius 3 is 2.72 bits per heavy atom. The molecular weight excluding hydrogens is 324 g/mol. The smallest absolute Gasteiger partial charge is 0.326 e. The van der Waals surface area contributed by atoms with Crippen LogP contribution in [0.25, 0.3) is 0 Å². The lowest BCUT2D eigenvalue weighted by Crippen LogP contribution is -2.50. The lowest BCUT2D eigenvalue weighted by atomic mass is 9.98. The van der Waals surface area contributed by atoms with E-state index in [4.69, 9.17) is 4.74 Å². The van der Waals surface area contributed by atoms with Crippen LogP contribution in [0.5, 0.6) is 5.75 Å². The number of carboxylic acid groups (broad SMARTS) is 1. The van der Waals surface area contributed by atoms with Crippen molar-refractivity contribution in [1.29, 1.82) is 0 Å². The number of carbonyl (C=O) groups is 3. The van der Waals surface area contributed by atoms with Gasteiger partial charge >= 0.3 is 5.97 Å². The molecule has 1 N–H and O–H groups in total. The highest BCUT2D eigenvalue weighted by atomic mass is 16.5. The number of hydrogen-bond donors (Lipinski definition) is 1. The highest BCUT2D eigenvalue weighted by Crippen LogP contribution is 2.34. The molecule has 2 amide bonds. The second-order valence-corrected chi connectivity index (χ2v) is 6.46. The van der Waals surface area contributed by atoms with E-state index < -0.39 is 17.9 Å². The van der Waals surface area contributed by atoms with Gasteiger partial charge in [0, 0.05) is 19.5 Å². The zero-order valence-electron chi connectivity index (χ0n) is 14.2. The minimum atomic E-state index is -0.973. The average molecular weight is 346 g/mol. The van der Waals surface area contributed by atoms with Gasteiger partial charge in [0.05, 0.1) is 18.7 Å². The van der Waals surface area contributed by atoms with Crippen LogP contribution in [-0.2, 0) is 14.4 Å². The van der Waals surface area contributed by atoms with Crippen LogP contribution in [0.2, 0.25) is 0 Å². The number of nitrogens with zero attached hydrogens (tertiary/aromatic N) is 2. The van der Waals surface area contributed by atoms with Crippen LogP contribution in [0.15, 0.2) is 24.3 Å². The van der Waals surface area contributed by atoms with Crippen LogP contribution >= 0.6 is 0 Å². The number of para-hydroxylation sites is 2. The van der Waals surface area contributed by atoms with E-state index >= 15 is 0 Å². The molecule has 134 valence electrons. The number of aliphatic carboxylic acids is 1. The van der Waals surface area contributed by atoms with E-state index in [2.05, 4.69) is 0 Å². The molecule has 2 heterocycles. The summed E-state index contributed by atoms with van der Waals surface area (Å²) in [7, 11) is 1.53. The van der Waals surface area contributed by atoms with Crippen LogP contribution in [0.1, 0.15) is 25.7 Å². The first kappa shape index (κ1) is 17.3. The monoisotopic (exact) mass is 346 g/mol. The fourth-order valence-corrected chi connectivity index (χ4v) is 3.65. The molecule has 2 fully saturated rings. The summed E-state index contributed by atoms with van der Waals surface area (Å²) in [6.07, 6.45) is 2.17. The fourth-order valence-electron chi connectivity index (χ4n) is 3.65. The maximum Gasteiger partial charge on any atom is 0.326 e. The summed E-state index contributed by atoms with van der Waals surface area (Å²) in [5.74, 6) is -1.30. The minimum Gasteiger partial charge on any atom is -0.495 e. The zero-order valence-corrected chi connectivity index (χ0v) is 14.2. The van der Waals surface area contributed by atoms with Crippen molar-refractivity contribution in [2.24, 2.45) is 5.92 Å². The number of anilines is 1. The SMILES string of the molecule is COc1ccccc1N1CC(C(=O)N2CCCCC2C(=O)O)CC1=O. The maximum atomic E-state index is 12.8. The summed E-state index contributed by atoms with van der Waals surface area (Å²) in [6.45, 7) is 0.691. The molecule has 25 heavy (non-hydrogen) atoms. The summed E-state index contributed by atoms with van der Waals surface area (Å²) >= 11 is 0. The van der Waals surface area contributed by atoms with Crippen LogP contribution in [0.4, 0.5) is 5.69 Å². The average Bonchev–Trinajstić information content (AvgIpc) is 3.02. The Morgan fingerprint density at radius 2 is 2.00 bits per heavy atom. The Labute approximate surface area is 146 Å². The first-order chi connectivity index (χ1) is 12.0. The molecule has 7 heteroatoms. The van der Waals surface area contributed by atoms with Crippen molar-refractivity contribution in [3.8, 4) is 5.75 Å². The number of benzene rings is 1. The number of amides is 2. The van der Waals surface area contributed by atoms with E-state index in [1.54, 1.807) is 17.0 Å². The van der Waals surface area contributed by atoms with Gasteiger partial charge in [-0.25, -0.2) is 4.79 Å². The second-order valence-electron chi connectivity index (χ2n) is 6.46. The molecule has 0 spiro atoms. The number of ether oxygens (including phenoxy) is 1. The molecule has 2 unspecified atom stereocenters. The third-order valence-corrected chi connectivity index (χ3v) is 4.92. The van der Waals surface area contributed by atoms with Crippen molar-refractivity contribution in [2.45, 2.75) is 31.7 Å². The lowest BCUT2D eigenvalue weighted by Gasteiger charge is -2.34. The Kier molecular flexibility index (Phi) is 4.92. The molecule has 0 radical (unpaired) electrons. The quantitative estimate of drug-likeness (QED) is 0.893. The van der Waals surface area contributed by atoms with Gasteiger partial charge in [0.15, 0.2) is 0 Å². The third kappa shape index (κ3) is 3.31. The summed E-state index contributed by atoms with van der Waals surface area (Å²) in [6, 6.07) is 6.40. The van der Waals surface area contributed by atoms with Crippen molar-refractivity contribution in [2.75, 3.05) is 25.1 Å². The molecule has 2 atom stereocenters. The molecule has 0 aromatic heterocycles. The highest BCUT2D eigenvalue weighted by molar-refractivity contribution is 6.01. The van der Waals surface area contributed by atoms with Gasteiger partial charge in [0.1, 0.15) is 11.8 Å². The Balaban J connectivity index is 1.77. The topological polar surface area (TPSA) is 87.2 Å². The van der Waals surface area contributed by atoms with Gasteiger partial charge in [0.25, 0.3) is 0 Å². The van der Waals surface area contributed by atoms with Gasteiger partial charge in [0.2, 0.25) is 11.8 Å². The maximum absolute atomic E-state index is 12.8. The third-order valence-electron chi connectivity index (χ3n) is 4.92. The Morgan fingerprint density at radius 1 is 1.24 bits per heavy atom. The number of carboxylic acids is 1. The van der Waals surface area contributed by atoms with Crippen molar-refractivity contribution >= 4 is 23.5 Å². The van der Waals surface area contributed by atoms with Crippen molar-refractivity contribution in [3.63, 3.8) is 0 Å². The predicted molar refractivity (Wildman–Crippen MR) is 90.4 cm³/mol. The van der Waals surface area contributed by atoms with Crippen LogP contribution in [-0.4, -0.2) is 54.0 Å². The lowest BCUT2D eigenvalue weighted by molar-refractivity contribution is -0.153. The fraction of sp³-hybridized carbons (Fsp3) is 0.500. The highest BCUT2D eigenvalue weighted by Gasteiger charge is 2.41. The molecular formula is C18H22N2O5. The molecule has 2 aliphatic heterocycles. The standard InChI is InChI=1S/C18H22N2O5/c1-25-15-8-3-2-6-13(15)20-11-12(10-16(20)21)17(22)19-9-5-4-7-14(19)18(23)24/h2-3,6,8,12,14H,4-5,7,9-11H2,1H3,(H,23,24). The Bertz CT molecular complexity index is 690. The van der Waals surface area contributed by atoms with Crippen molar-refractivity contribution < 1.29 is 24.2 Å². The molecule has 2 aliphatic rings. The van der Waals surface area contributed by atoms with Gasteiger partial charge in [-0.1, -0.05) is 12.1 Å². The van der Waals surface area contributed by atoms with E-state index in [0.29, 0.717) is 24.4 Å². The van der Waals surface area contributed by atoms with Gasteiger partial charge in [-0.15, -0.1) is 0 Å². The van der Waals surface area contributed by atoms with Crippen molar-refractivity contribution in [3.05, 3.63) is 24.3 Å². The van der Waals surface area contributed by atoms with E-state index in [0.717, 1.165) is 12.8 Å².